The Labute approximate surface area is 39.4 Å². The van der Waals surface area contributed by atoms with Gasteiger partial charge in [-0.3, -0.25) is 0 Å². The fourth-order valence-electron chi connectivity index (χ4n) is 0. The Kier molecular flexibility index (Phi) is 8.89. The van der Waals surface area contributed by atoms with Crippen LogP contribution in [0, 0.1) is 7.43 Å². The molecule has 0 saturated carbocycles. The second kappa shape index (κ2) is 3.92. The van der Waals surface area contributed by atoms with Gasteiger partial charge in [-0.1, -0.05) is 7.43 Å². The van der Waals surface area contributed by atoms with Crippen LogP contribution in [0.1, 0.15) is 0 Å². The molecule has 1 nitrogen and oxygen atoms in total. The van der Waals surface area contributed by atoms with Gasteiger partial charge < -0.3 is 23.4 Å². The predicted molar refractivity (Wildman–Crippen MR) is 22.6 cm³/mol. The lowest BCUT2D eigenvalue weighted by Gasteiger charge is -1.94. The van der Waals surface area contributed by atoms with Crippen LogP contribution < -0.4 is 6.15 Å². The Bertz CT molecular complexity index is 27.2. The first-order valence-electron chi connectivity index (χ1n) is 0.873. The Hall–Kier alpha value is -0.255. The van der Waals surface area contributed by atoms with E-state index >= 15 is 0 Å². The van der Waals surface area contributed by atoms with Crippen molar-refractivity contribution in [2.24, 2.45) is 0 Å². The molecule has 0 bridgehead atoms. The molecule has 0 amide bonds. The average Bonchev–Trinajstić information content (AvgIpc) is 0.722. The molecule has 0 aliphatic rings. The molecule has 0 unspecified atom stereocenters. The zero-order valence-corrected chi connectivity index (χ0v) is 4.09. The molecule has 0 rings (SSSR count). The summed E-state index contributed by atoms with van der Waals surface area (Å²) < 4.78 is 39.0. The lowest BCUT2D eigenvalue weighted by atomic mass is 10.3. The third-order valence-corrected chi connectivity index (χ3v) is 0. The van der Waals surface area contributed by atoms with Crippen LogP contribution in [0.25, 0.3) is 0 Å². The minimum absolute atomic E-state index is 0. The summed E-state index contributed by atoms with van der Waals surface area (Å²) in [5, 5.41) is 0. The van der Waals surface area contributed by atoms with Crippen LogP contribution in [0.2, 0.25) is 0 Å². The first kappa shape index (κ1) is 15.9. The van der Waals surface area contributed by atoms with Crippen molar-refractivity contribution in [2.75, 3.05) is 0 Å². The van der Waals surface area contributed by atoms with Gasteiger partial charge in [0.2, 0.25) is 0 Å². The van der Waals surface area contributed by atoms with E-state index in [2.05, 4.69) is 0 Å². The number of halogens is 4. The lowest BCUT2D eigenvalue weighted by molar-refractivity contribution is 0.368. The van der Waals surface area contributed by atoms with E-state index in [-0.39, 0.29) is 13.6 Å². The molecule has 0 aromatic carbocycles. The highest BCUT2D eigenvalue weighted by molar-refractivity contribution is 6.50. The van der Waals surface area contributed by atoms with E-state index < -0.39 is 7.25 Å². The number of quaternary nitrogens is 1. The molecule has 0 heterocycles. The summed E-state index contributed by atoms with van der Waals surface area (Å²) in [5.41, 5.74) is 0. The van der Waals surface area contributed by atoms with Gasteiger partial charge in [-0.15, -0.1) is 0 Å². The average molecular weight is 120 g/mol. The highest BCUT2D eigenvalue weighted by Crippen LogP contribution is 2.06. The van der Waals surface area contributed by atoms with Crippen molar-refractivity contribution < 1.29 is 17.3 Å². The van der Waals surface area contributed by atoms with E-state index in [0.717, 1.165) is 0 Å². The van der Waals surface area contributed by atoms with Gasteiger partial charge in [-0.2, -0.15) is 0 Å². The third-order valence-electron chi connectivity index (χ3n) is 0. The van der Waals surface area contributed by atoms with E-state index in [0.29, 0.717) is 0 Å². The first-order chi connectivity index (χ1) is 2.00. The first-order valence-corrected chi connectivity index (χ1v) is 0.873. The maximum absolute atomic E-state index is 9.75. The van der Waals surface area contributed by atoms with E-state index in [1.165, 1.54) is 0 Å². The SMILES string of the molecule is F[B-](F)(F)F.[CH3].[NH4+]. The van der Waals surface area contributed by atoms with Crippen molar-refractivity contribution in [1.82, 2.24) is 6.15 Å². The molecule has 0 fully saturated rings. The van der Waals surface area contributed by atoms with E-state index in [1.54, 1.807) is 0 Å². The van der Waals surface area contributed by atoms with Gasteiger partial charge in [0.25, 0.3) is 0 Å². The van der Waals surface area contributed by atoms with Crippen LogP contribution in [0.4, 0.5) is 17.3 Å². The second-order valence-electron chi connectivity index (χ2n) is 0.495. The normalized spacial score (nSPS) is 8.57. The molecule has 1 radical (unpaired) electrons. The zero-order chi connectivity index (χ0) is 4.50. The summed E-state index contributed by atoms with van der Waals surface area (Å²) in [4.78, 5) is 0. The Morgan fingerprint density at radius 2 is 0.857 bits per heavy atom. The second-order valence-corrected chi connectivity index (χ2v) is 0.495. The molecular weight excluding hydrogens is 113 g/mol. The molecule has 0 saturated heterocycles. The maximum atomic E-state index is 9.75. The van der Waals surface area contributed by atoms with Gasteiger partial charge in [0.15, 0.2) is 0 Å². The topological polar surface area (TPSA) is 36.5 Å². The lowest BCUT2D eigenvalue weighted by Crippen LogP contribution is -2.02. The van der Waals surface area contributed by atoms with E-state index in [4.69, 9.17) is 0 Å². The largest absolute Gasteiger partial charge is 0.673 e. The Morgan fingerprint density at radius 3 is 0.857 bits per heavy atom. The molecule has 0 aromatic rings. The minimum atomic E-state index is -6.00. The fourth-order valence-corrected chi connectivity index (χ4v) is 0. The molecule has 7 heavy (non-hydrogen) atoms. The standard InChI is InChI=1S/CH3.BF4.H3N/c;2-1(3,4)5;/h1H3;;1H3/q;-1;/p+1. The van der Waals surface area contributed by atoms with Gasteiger partial charge in [-0.25, -0.2) is 0 Å². The Morgan fingerprint density at radius 1 is 0.857 bits per heavy atom. The maximum Gasteiger partial charge on any atom is 0.673 e. The number of hydrogen-bond acceptors (Lipinski definition) is 0. The van der Waals surface area contributed by atoms with Crippen molar-refractivity contribution in [1.29, 1.82) is 0 Å². The van der Waals surface area contributed by atoms with Crippen molar-refractivity contribution >= 4 is 7.25 Å². The van der Waals surface area contributed by atoms with E-state index in [9.17, 15) is 17.3 Å². The summed E-state index contributed by atoms with van der Waals surface area (Å²) in [7, 11) is -6.00. The van der Waals surface area contributed by atoms with Crippen molar-refractivity contribution in [2.45, 2.75) is 0 Å². The molecule has 0 spiro atoms. The molecule has 47 valence electrons. The molecule has 4 N–H and O–H groups in total. The van der Waals surface area contributed by atoms with Crippen LogP contribution in [-0.4, -0.2) is 7.25 Å². The van der Waals surface area contributed by atoms with Crippen molar-refractivity contribution in [3.63, 3.8) is 0 Å². The summed E-state index contributed by atoms with van der Waals surface area (Å²) >= 11 is 0. The van der Waals surface area contributed by atoms with Crippen LogP contribution >= 0.6 is 0 Å². The van der Waals surface area contributed by atoms with Crippen molar-refractivity contribution in [3.05, 3.63) is 7.43 Å². The monoisotopic (exact) mass is 120 g/mol. The van der Waals surface area contributed by atoms with Crippen LogP contribution in [-0.2, 0) is 0 Å². The highest BCUT2D eigenvalue weighted by Gasteiger charge is 2.20. The highest BCUT2D eigenvalue weighted by atomic mass is 19.5. The third kappa shape index (κ3) is 1240. The minimum Gasteiger partial charge on any atom is -0.418 e. The number of rotatable bonds is 0. The van der Waals surface area contributed by atoms with Gasteiger partial charge >= 0.3 is 7.25 Å². The molecule has 0 aliphatic carbocycles. The van der Waals surface area contributed by atoms with Gasteiger partial charge in [0, 0.05) is 0 Å². The summed E-state index contributed by atoms with van der Waals surface area (Å²) in [6.07, 6.45) is 0. The molecular formula is CH7BF4N. The van der Waals surface area contributed by atoms with Gasteiger partial charge in [0.1, 0.15) is 0 Å². The smallest absolute Gasteiger partial charge is 0.418 e. The quantitative estimate of drug-likeness (QED) is 0.375. The van der Waals surface area contributed by atoms with Gasteiger partial charge in [-0.05, 0) is 0 Å². The molecule has 0 aromatic heterocycles. The fraction of sp³-hybridized carbons (Fsp3) is 0. The Balaban J connectivity index is -0.0000000800. The molecule has 6 heteroatoms. The zero-order valence-electron chi connectivity index (χ0n) is 4.09. The van der Waals surface area contributed by atoms with Gasteiger partial charge in [0.05, 0.1) is 0 Å². The molecule has 0 aliphatic heterocycles. The van der Waals surface area contributed by atoms with Crippen molar-refractivity contribution in [3.8, 4) is 0 Å². The van der Waals surface area contributed by atoms with E-state index in [1.807, 2.05) is 0 Å². The van der Waals surface area contributed by atoms with Crippen LogP contribution in [0.15, 0.2) is 0 Å². The summed E-state index contributed by atoms with van der Waals surface area (Å²) in [5.74, 6) is 0. The molecule has 0 atom stereocenters. The summed E-state index contributed by atoms with van der Waals surface area (Å²) in [6.45, 7) is 0. The van der Waals surface area contributed by atoms with Crippen LogP contribution in [0.3, 0.4) is 0 Å². The predicted octanol–water partition coefficient (Wildman–Crippen LogP) is 2.13. The van der Waals surface area contributed by atoms with Crippen LogP contribution in [0.5, 0.6) is 0 Å². The summed E-state index contributed by atoms with van der Waals surface area (Å²) in [6, 6.07) is 0. The number of hydrogen-bond donors (Lipinski definition) is 1.